The van der Waals surface area contributed by atoms with Gasteiger partial charge in [0.15, 0.2) is 0 Å². The van der Waals surface area contributed by atoms with Crippen LogP contribution in [0.3, 0.4) is 0 Å². The van der Waals surface area contributed by atoms with Crippen LogP contribution in [0.4, 0.5) is 8.78 Å². The summed E-state index contributed by atoms with van der Waals surface area (Å²) in [5.41, 5.74) is -0.189. The first-order valence-corrected chi connectivity index (χ1v) is 5.14. The van der Waals surface area contributed by atoms with Crippen LogP contribution in [0, 0.1) is 14.9 Å². The third-order valence-electron chi connectivity index (χ3n) is 1.61. The molecule has 0 radical (unpaired) electrons. The van der Waals surface area contributed by atoms with Crippen LogP contribution in [0.15, 0.2) is 6.20 Å². The van der Waals surface area contributed by atoms with Crippen LogP contribution in [-0.2, 0) is 5.88 Å². The topological polar surface area (TPSA) is 36.7 Å². The van der Waals surface area contributed by atoms with E-state index in [9.17, 15) is 8.78 Å². The fourth-order valence-corrected chi connectivity index (χ4v) is 1.83. The van der Waals surface area contributed by atoms with E-state index >= 15 is 0 Å². The van der Waals surface area contributed by atoms with Crippen molar-refractivity contribution in [2.24, 2.45) is 0 Å². The predicted molar refractivity (Wildman–Crippen MR) is 56.2 cm³/mol. The number of alkyl halides is 3. The highest BCUT2D eigenvalue weighted by Crippen LogP contribution is 2.29. The Bertz CT molecular complexity index is 390. The lowest BCUT2D eigenvalue weighted by Gasteiger charge is -2.07. The maximum Gasteiger partial charge on any atom is 0.266 e. The molecule has 74 valence electrons. The number of nitrogens with zero attached hydrogens (tertiary/aromatic N) is 2. The van der Waals surface area contributed by atoms with Crippen LogP contribution in [0.5, 0.6) is 0 Å². The fraction of sp³-hybridized carbons (Fsp3) is 0.250. The van der Waals surface area contributed by atoms with Gasteiger partial charge in [0.1, 0.15) is 6.07 Å². The van der Waals surface area contributed by atoms with Crippen molar-refractivity contribution in [3.63, 3.8) is 0 Å². The van der Waals surface area contributed by atoms with Crippen LogP contribution in [0.25, 0.3) is 0 Å². The molecule has 0 amide bonds. The summed E-state index contributed by atoms with van der Waals surface area (Å²) in [5, 5.41) is 8.72. The van der Waals surface area contributed by atoms with Crippen molar-refractivity contribution in [3.8, 4) is 6.07 Å². The molecule has 2 nitrogen and oxygen atoms in total. The second-order valence-electron chi connectivity index (χ2n) is 2.39. The monoisotopic (exact) mass is 328 g/mol. The van der Waals surface area contributed by atoms with Gasteiger partial charge in [-0.15, -0.1) is 11.6 Å². The zero-order valence-corrected chi connectivity index (χ0v) is 9.68. The van der Waals surface area contributed by atoms with Crippen LogP contribution in [0.2, 0.25) is 0 Å². The van der Waals surface area contributed by atoms with Crippen molar-refractivity contribution in [1.82, 2.24) is 4.98 Å². The molecule has 0 atom stereocenters. The minimum absolute atomic E-state index is 0.0421. The van der Waals surface area contributed by atoms with Crippen LogP contribution < -0.4 is 0 Å². The van der Waals surface area contributed by atoms with E-state index in [1.54, 1.807) is 28.7 Å². The summed E-state index contributed by atoms with van der Waals surface area (Å²) in [5.74, 6) is -0.0421. The number of rotatable bonds is 2. The van der Waals surface area contributed by atoms with Crippen molar-refractivity contribution < 1.29 is 8.78 Å². The molecular formula is C8H4ClF2IN2. The summed E-state index contributed by atoms with van der Waals surface area (Å²) in [7, 11) is 0. The molecular weight excluding hydrogens is 324 g/mol. The molecule has 0 spiro atoms. The molecule has 1 aromatic heterocycles. The van der Waals surface area contributed by atoms with Crippen LogP contribution in [-0.4, -0.2) is 4.98 Å². The SMILES string of the molecule is N#Cc1c(CCl)ncc(I)c1C(F)F. The minimum atomic E-state index is -2.68. The van der Waals surface area contributed by atoms with Gasteiger partial charge in [-0.3, -0.25) is 4.98 Å². The van der Waals surface area contributed by atoms with Crippen molar-refractivity contribution in [2.45, 2.75) is 12.3 Å². The number of hydrogen-bond donors (Lipinski definition) is 0. The van der Waals surface area contributed by atoms with E-state index in [0.717, 1.165) is 0 Å². The molecule has 6 heteroatoms. The second kappa shape index (κ2) is 4.84. The van der Waals surface area contributed by atoms with Gasteiger partial charge < -0.3 is 0 Å². The molecule has 1 aromatic rings. The summed E-state index contributed by atoms with van der Waals surface area (Å²) in [4.78, 5) is 3.82. The third kappa shape index (κ3) is 2.12. The van der Waals surface area contributed by atoms with Gasteiger partial charge in [0.25, 0.3) is 6.43 Å². The Balaban J connectivity index is 3.45. The summed E-state index contributed by atoms with van der Waals surface area (Å²) in [6.45, 7) is 0. The molecule has 0 N–H and O–H groups in total. The third-order valence-corrected chi connectivity index (χ3v) is 2.72. The lowest BCUT2D eigenvalue weighted by molar-refractivity contribution is 0.150. The maximum atomic E-state index is 12.6. The lowest BCUT2D eigenvalue weighted by atomic mass is 10.1. The molecule has 1 rings (SSSR count). The van der Waals surface area contributed by atoms with Gasteiger partial charge in [-0.1, -0.05) is 0 Å². The Kier molecular flexibility index (Phi) is 4.01. The smallest absolute Gasteiger partial charge is 0.258 e. The summed E-state index contributed by atoms with van der Waals surface area (Å²) in [6, 6.07) is 1.71. The second-order valence-corrected chi connectivity index (χ2v) is 3.82. The highest BCUT2D eigenvalue weighted by Gasteiger charge is 2.20. The molecule has 0 aromatic carbocycles. The average Bonchev–Trinajstić information content (AvgIpc) is 2.16. The van der Waals surface area contributed by atoms with Crippen molar-refractivity contribution >= 4 is 34.2 Å². The summed E-state index contributed by atoms with van der Waals surface area (Å²) >= 11 is 7.20. The van der Waals surface area contributed by atoms with E-state index < -0.39 is 6.43 Å². The van der Waals surface area contributed by atoms with Crippen LogP contribution >= 0.6 is 34.2 Å². The molecule has 0 aliphatic heterocycles. The molecule has 0 aliphatic rings. The van der Waals surface area contributed by atoms with Gasteiger partial charge in [0.05, 0.1) is 22.7 Å². The molecule has 14 heavy (non-hydrogen) atoms. The molecule has 0 bridgehead atoms. The van der Waals surface area contributed by atoms with Crippen molar-refractivity contribution in [3.05, 3.63) is 26.6 Å². The van der Waals surface area contributed by atoms with Gasteiger partial charge in [-0.05, 0) is 22.6 Å². The van der Waals surface area contributed by atoms with Crippen LogP contribution in [0.1, 0.15) is 23.2 Å². The number of aromatic nitrogens is 1. The fourth-order valence-electron chi connectivity index (χ4n) is 0.983. The predicted octanol–water partition coefficient (Wildman–Crippen LogP) is 3.23. The van der Waals surface area contributed by atoms with E-state index in [1.165, 1.54) is 6.20 Å². The number of halogens is 4. The van der Waals surface area contributed by atoms with E-state index in [2.05, 4.69) is 4.98 Å². The van der Waals surface area contributed by atoms with Crippen molar-refractivity contribution in [1.29, 1.82) is 5.26 Å². The maximum absolute atomic E-state index is 12.6. The highest BCUT2D eigenvalue weighted by atomic mass is 127. The standard InChI is InChI=1S/C8H4ClF2IN2/c9-1-6-4(2-13)7(8(10)11)5(12)3-14-6/h3,8H,1H2. The Morgan fingerprint density at radius 3 is 2.71 bits per heavy atom. The summed E-state index contributed by atoms with van der Waals surface area (Å²) in [6.07, 6.45) is -1.39. The Labute approximate surface area is 98.0 Å². The number of nitriles is 1. The molecule has 1 heterocycles. The van der Waals surface area contributed by atoms with E-state index in [4.69, 9.17) is 16.9 Å². The molecule has 0 fully saturated rings. The zero-order chi connectivity index (χ0) is 10.7. The molecule has 0 saturated carbocycles. The Hall–Kier alpha value is -0.480. The average molecular weight is 328 g/mol. The van der Waals surface area contributed by atoms with Gasteiger partial charge in [-0.25, -0.2) is 8.78 Å². The number of hydrogen-bond acceptors (Lipinski definition) is 2. The van der Waals surface area contributed by atoms with Gasteiger partial charge in [0, 0.05) is 9.77 Å². The normalized spacial score (nSPS) is 10.3. The zero-order valence-electron chi connectivity index (χ0n) is 6.77. The molecule has 0 aliphatic carbocycles. The first-order chi connectivity index (χ1) is 6.61. The number of pyridine rings is 1. The van der Waals surface area contributed by atoms with E-state index in [1.807, 2.05) is 0 Å². The molecule has 0 saturated heterocycles. The van der Waals surface area contributed by atoms with E-state index in [0.29, 0.717) is 0 Å². The minimum Gasteiger partial charge on any atom is -0.258 e. The highest BCUT2D eigenvalue weighted by molar-refractivity contribution is 14.1. The first-order valence-electron chi connectivity index (χ1n) is 3.53. The summed E-state index contributed by atoms with van der Waals surface area (Å²) < 4.78 is 25.4. The first kappa shape index (κ1) is 11.6. The molecule has 0 unspecified atom stereocenters. The largest absolute Gasteiger partial charge is 0.266 e. The van der Waals surface area contributed by atoms with Gasteiger partial charge in [0.2, 0.25) is 0 Å². The van der Waals surface area contributed by atoms with Gasteiger partial charge >= 0.3 is 0 Å². The Morgan fingerprint density at radius 1 is 1.64 bits per heavy atom. The Morgan fingerprint density at radius 2 is 2.29 bits per heavy atom. The van der Waals surface area contributed by atoms with Gasteiger partial charge in [-0.2, -0.15) is 5.26 Å². The van der Waals surface area contributed by atoms with E-state index in [-0.39, 0.29) is 26.3 Å². The van der Waals surface area contributed by atoms with Crippen molar-refractivity contribution in [2.75, 3.05) is 0 Å². The quantitative estimate of drug-likeness (QED) is 0.617. The lowest BCUT2D eigenvalue weighted by Crippen LogP contribution is -2.01.